The fourth-order valence-corrected chi connectivity index (χ4v) is 1.52. The van der Waals surface area contributed by atoms with E-state index in [1.807, 2.05) is 20.8 Å². The number of oxazole rings is 1. The van der Waals surface area contributed by atoms with Crippen molar-refractivity contribution < 1.29 is 13.9 Å². The minimum atomic E-state index is -0.461. The quantitative estimate of drug-likeness (QED) is 0.840. The summed E-state index contributed by atoms with van der Waals surface area (Å²) < 4.78 is 16.4. The zero-order valence-corrected chi connectivity index (χ0v) is 9.95. The summed E-state index contributed by atoms with van der Waals surface area (Å²) in [4.78, 5) is 4.12. The molecule has 1 saturated heterocycles. The molecule has 1 aromatic rings. The molecule has 0 aromatic carbocycles. The lowest BCUT2D eigenvalue weighted by atomic mass is 10.2. The molecule has 1 aromatic heterocycles. The second-order valence-corrected chi connectivity index (χ2v) is 4.46. The molecule has 0 unspecified atom stereocenters. The largest absolute Gasteiger partial charge is 0.445 e. The van der Waals surface area contributed by atoms with E-state index < -0.39 is 5.79 Å². The highest BCUT2D eigenvalue weighted by molar-refractivity contribution is 4.90. The summed E-state index contributed by atoms with van der Waals surface area (Å²) >= 11 is 0. The van der Waals surface area contributed by atoms with Gasteiger partial charge in [0, 0.05) is 0 Å². The van der Waals surface area contributed by atoms with Gasteiger partial charge in [-0.25, -0.2) is 4.98 Å². The Balaban J connectivity index is 1.75. The van der Waals surface area contributed by atoms with Crippen molar-refractivity contribution in [1.82, 2.24) is 10.3 Å². The van der Waals surface area contributed by atoms with Crippen LogP contribution in [-0.2, 0) is 16.0 Å². The van der Waals surface area contributed by atoms with Crippen LogP contribution in [-0.4, -0.2) is 30.0 Å². The maximum absolute atomic E-state index is 5.54. The summed E-state index contributed by atoms with van der Waals surface area (Å²) in [6, 6.07) is 0.195. The third-order valence-corrected chi connectivity index (χ3v) is 2.48. The molecule has 90 valence electrons. The molecule has 0 atom stereocenters. The molecular formula is C11H18N2O3. The van der Waals surface area contributed by atoms with E-state index >= 15 is 0 Å². The van der Waals surface area contributed by atoms with E-state index in [9.17, 15) is 0 Å². The van der Waals surface area contributed by atoms with E-state index in [0.717, 1.165) is 5.76 Å². The fraction of sp³-hybridized carbons (Fsp3) is 0.727. The minimum absolute atomic E-state index is 0.195. The molecule has 1 fully saturated rings. The third-order valence-electron chi connectivity index (χ3n) is 2.48. The molecule has 0 spiro atoms. The van der Waals surface area contributed by atoms with Gasteiger partial charge in [0.2, 0.25) is 5.89 Å². The van der Waals surface area contributed by atoms with Crippen LogP contribution in [0.4, 0.5) is 0 Å². The molecule has 2 rings (SSSR count). The number of hydrogen-bond acceptors (Lipinski definition) is 5. The van der Waals surface area contributed by atoms with Gasteiger partial charge in [0.1, 0.15) is 5.76 Å². The molecule has 0 radical (unpaired) electrons. The molecule has 5 heteroatoms. The molecular weight excluding hydrogens is 208 g/mol. The van der Waals surface area contributed by atoms with Gasteiger partial charge in [-0.05, 0) is 20.8 Å². The normalized spacial score (nSPS) is 21.2. The zero-order valence-electron chi connectivity index (χ0n) is 9.95. The van der Waals surface area contributed by atoms with Gasteiger partial charge < -0.3 is 19.2 Å². The molecule has 1 aliphatic heterocycles. The number of ether oxygens (including phenoxy) is 2. The maximum Gasteiger partial charge on any atom is 0.208 e. The number of nitrogens with zero attached hydrogens (tertiary/aromatic N) is 1. The van der Waals surface area contributed by atoms with Crippen LogP contribution in [0.15, 0.2) is 10.6 Å². The summed E-state index contributed by atoms with van der Waals surface area (Å²) in [5, 5.41) is 3.28. The molecule has 1 aliphatic rings. The first-order chi connectivity index (χ1) is 7.55. The zero-order chi connectivity index (χ0) is 11.6. The molecule has 0 aliphatic carbocycles. The summed E-state index contributed by atoms with van der Waals surface area (Å²) in [7, 11) is 0. The Morgan fingerprint density at radius 2 is 2.12 bits per heavy atom. The maximum atomic E-state index is 5.54. The summed E-state index contributed by atoms with van der Waals surface area (Å²) in [6.07, 6.45) is 1.72. The number of aryl methyl sites for hydroxylation is 1. The van der Waals surface area contributed by atoms with Gasteiger partial charge >= 0.3 is 0 Å². The highest BCUT2D eigenvalue weighted by Crippen LogP contribution is 2.17. The van der Waals surface area contributed by atoms with Crippen LogP contribution >= 0.6 is 0 Å². The van der Waals surface area contributed by atoms with Crippen molar-refractivity contribution >= 4 is 0 Å². The molecule has 2 heterocycles. The standard InChI is InChI=1S/C11H18N2O3/c1-8-4-13-10(16-8)5-12-9-6-14-11(2,3)15-7-9/h4,9,12H,5-7H2,1-3H3. The van der Waals surface area contributed by atoms with Gasteiger partial charge in [-0.2, -0.15) is 0 Å². The Hall–Kier alpha value is -0.910. The second-order valence-electron chi connectivity index (χ2n) is 4.46. The Morgan fingerprint density at radius 3 is 2.69 bits per heavy atom. The Kier molecular flexibility index (Phi) is 3.28. The number of hydrogen-bond donors (Lipinski definition) is 1. The van der Waals surface area contributed by atoms with Crippen molar-refractivity contribution in [3.8, 4) is 0 Å². The average molecular weight is 226 g/mol. The predicted molar refractivity (Wildman–Crippen MR) is 57.9 cm³/mol. The number of aromatic nitrogens is 1. The first-order valence-corrected chi connectivity index (χ1v) is 5.48. The van der Waals surface area contributed by atoms with Crippen molar-refractivity contribution in [2.75, 3.05) is 13.2 Å². The van der Waals surface area contributed by atoms with Crippen molar-refractivity contribution in [2.24, 2.45) is 0 Å². The van der Waals surface area contributed by atoms with Crippen LogP contribution in [0.5, 0.6) is 0 Å². The Bertz CT molecular complexity index is 339. The lowest BCUT2D eigenvalue weighted by Crippen LogP contribution is -2.48. The summed E-state index contributed by atoms with van der Waals surface area (Å²) in [5.74, 6) is 1.06. The van der Waals surface area contributed by atoms with Crippen LogP contribution in [0.25, 0.3) is 0 Å². The van der Waals surface area contributed by atoms with Crippen molar-refractivity contribution in [3.05, 3.63) is 17.8 Å². The minimum Gasteiger partial charge on any atom is -0.445 e. The highest BCUT2D eigenvalue weighted by atomic mass is 16.7. The summed E-state index contributed by atoms with van der Waals surface area (Å²) in [5.41, 5.74) is 0. The summed E-state index contributed by atoms with van der Waals surface area (Å²) in [6.45, 7) is 7.61. The van der Waals surface area contributed by atoms with Gasteiger partial charge in [0.25, 0.3) is 0 Å². The van der Waals surface area contributed by atoms with Crippen LogP contribution in [0, 0.1) is 6.92 Å². The first-order valence-electron chi connectivity index (χ1n) is 5.48. The second kappa shape index (κ2) is 4.53. The smallest absolute Gasteiger partial charge is 0.208 e. The SMILES string of the molecule is Cc1cnc(CNC2COC(C)(C)OC2)o1. The molecule has 0 bridgehead atoms. The highest BCUT2D eigenvalue weighted by Gasteiger charge is 2.27. The third kappa shape index (κ3) is 3.04. The molecule has 16 heavy (non-hydrogen) atoms. The fourth-order valence-electron chi connectivity index (χ4n) is 1.52. The molecule has 0 saturated carbocycles. The van der Waals surface area contributed by atoms with Crippen molar-refractivity contribution in [3.63, 3.8) is 0 Å². The van der Waals surface area contributed by atoms with Crippen LogP contribution < -0.4 is 5.32 Å². The topological polar surface area (TPSA) is 56.5 Å². The van der Waals surface area contributed by atoms with Gasteiger partial charge in [-0.1, -0.05) is 0 Å². The van der Waals surface area contributed by atoms with Gasteiger partial charge in [-0.15, -0.1) is 0 Å². The molecule has 5 nitrogen and oxygen atoms in total. The van der Waals surface area contributed by atoms with E-state index in [4.69, 9.17) is 13.9 Å². The lowest BCUT2D eigenvalue weighted by Gasteiger charge is -2.35. The number of rotatable bonds is 3. The number of nitrogens with one attached hydrogen (secondary N) is 1. The Labute approximate surface area is 95.1 Å². The van der Waals surface area contributed by atoms with E-state index in [1.165, 1.54) is 0 Å². The van der Waals surface area contributed by atoms with E-state index in [0.29, 0.717) is 25.6 Å². The predicted octanol–water partition coefficient (Wildman–Crippen LogP) is 1.22. The lowest BCUT2D eigenvalue weighted by molar-refractivity contribution is -0.253. The van der Waals surface area contributed by atoms with Gasteiger partial charge in [0.15, 0.2) is 5.79 Å². The van der Waals surface area contributed by atoms with Crippen LogP contribution in [0.3, 0.4) is 0 Å². The van der Waals surface area contributed by atoms with Crippen molar-refractivity contribution in [2.45, 2.75) is 39.1 Å². The monoisotopic (exact) mass is 226 g/mol. The Morgan fingerprint density at radius 1 is 1.44 bits per heavy atom. The van der Waals surface area contributed by atoms with Gasteiger partial charge in [-0.3, -0.25) is 0 Å². The molecule has 0 amide bonds. The van der Waals surface area contributed by atoms with Crippen molar-refractivity contribution in [1.29, 1.82) is 0 Å². The van der Waals surface area contributed by atoms with Gasteiger partial charge in [0.05, 0.1) is 32.0 Å². The van der Waals surface area contributed by atoms with Crippen LogP contribution in [0.1, 0.15) is 25.5 Å². The van der Waals surface area contributed by atoms with E-state index in [2.05, 4.69) is 10.3 Å². The first kappa shape index (κ1) is 11.6. The van der Waals surface area contributed by atoms with E-state index in [-0.39, 0.29) is 6.04 Å². The molecule has 1 N–H and O–H groups in total. The van der Waals surface area contributed by atoms with E-state index in [1.54, 1.807) is 6.20 Å². The van der Waals surface area contributed by atoms with Crippen LogP contribution in [0.2, 0.25) is 0 Å². The average Bonchev–Trinajstić information content (AvgIpc) is 2.63.